The molecular formula is C27H33N3O5. The van der Waals surface area contributed by atoms with E-state index < -0.39 is 11.9 Å². The summed E-state index contributed by atoms with van der Waals surface area (Å²) in [5, 5.41) is 24.7. The Balaban J connectivity index is 0.000000371. The Hall–Kier alpha value is -3.46. The van der Waals surface area contributed by atoms with Crippen LogP contribution >= 0.6 is 0 Å². The average molecular weight is 480 g/mol. The molecule has 0 radical (unpaired) electrons. The van der Waals surface area contributed by atoms with Crippen LogP contribution in [-0.2, 0) is 9.59 Å². The summed E-state index contributed by atoms with van der Waals surface area (Å²) in [6.07, 6.45) is 6.72. The number of aliphatic carboxylic acids is 2. The molecule has 2 aliphatic rings. The number of aliphatic hydroxyl groups excluding tert-OH is 1. The largest absolute Gasteiger partial charge is 0.478 e. The first-order valence-corrected chi connectivity index (χ1v) is 11.8. The quantitative estimate of drug-likeness (QED) is 0.497. The lowest BCUT2D eigenvalue weighted by Crippen LogP contribution is -2.47. The number of hydrogen-bond donors (Lipinski definition) is 3. The summed E-state index contributed by atoms with van der Waals surface area (Å²) in [6, 6.07) is 17.4. The molecule has 0 saturated carbocycles. The van der Waals surface area contributed by atoms with E-state index in [0.29, 0.717) is 12.2 Å². The summed E-state index contributed by atoms with van der Waals surface area (Å²) in [4.78, 5) is 26.5. The zero-order valence-electron chi connectivity index (χ0n) is 19.8. The molecule has 4 rings (SSSR count). The van der Waals surface area contributed by atoms with E-state index in [-0.39, 0.29) is 6.61 Å². The van der Waals surface area contributed by atoms with Crippen molar-refractivity contribution in [2.45, 2.75) is 6.42 Å². The molecule has 0 amide bonds. The van der Waals surface area contributed by atoms with E-state index >= 15 is 0 Å². The van der Waals surface area contributed by atoms with Crippen LogP contribution in [0.15, 0.2) is 60.7 Å². The van der Waals surface area contributed by atoms with Crippen molar-refractivity contribution in [1.82, 2.24) is 9.80 Å². The second-order valence-corrected chi connectivity index (χ2v) is 8.37. The van der Waals surface area contributed by atoms with Gasteiger partial charge in [-0.05, 0) is 36.2 Å². The van der Waals surface area contributed by atoms with E-state index in [1.165, 1.54) is 22.5 Å². The SMILES string of the molecule is O=C(O)/C=C/C(=O)O.OCCN1CCN(CCCN2c3ccccc3C=Cc3ccccc32)CC1. The van der Waals surface area contributed by atoms with Gasteiger partial charge in [-0.2, -0.15) is 0 Å². The number of carboxylic acid groups (broad SMARTS) is 2. The van der Waals surface area contributed by atoms with Crippen molar-refractivity contribution in [3.05, 3.63) is 71.8 Å². The second-order valence-electron chi connectivity index (χ2n) is 8.37. The molecule has 0 aromatic heterocycles. The maximum absolute atomic E-state index is 9.55. The zero-order valence-corrected chi connectivity index (χ0v) is 19.8. The van der Waals surface area contributed by atoms with Gasteiger partial charge in [-0.25, -0.2) is 9.59 Å². The molecule has 2 aromatic carbocycles. The fourth-order valence-electron chi connectivity index (χ4n) is 4.27. The van der Waals surface area contributed by atoms with Gasteiger partial charge >= 0.3 is 11.9 Å². The Kier molecular flexibility index (Phi) is 10.0. The Morgan fingerprint density at radius 2 is 1.17 bits per heavy atom. The highest BCUT2D eigenvalue weighted by Gasteiger charge is 2.19. The minimum atomic E-state index is -1.26. The fourth-order valence-corrected chi connectivity index (χ4v) is 4.27. The van der Waals surface area contributed by atoms with Gasteiger partial charge in [0.05, 0.1) is 6.61 Å². The third-order valence-corrected chi connectivity index (χ3v) is 6.00. The van der Waals surface area contributed by atoms with Gasteiger partial charge < -0.3 is 25.1 Å². The minimum absolute atomic E-state index is 0.266. The number of benzene rings is 2. The molecule has 3 N–H and O–H groups in total. The maximum atomic E-state index is 9.55. The maximum Gasteiger partial charge on any atom is 0.328 e. The monoisotopic (exact) mass is 479 g/mol. The van der Waals surface area contributed by atoms with Crippen molar-refractivity contribution in [2.75, 3.05) is 57.3 Å². The van der Waals surface area contributed by atoms with Crippen LogP contribution in [0.5, 0.6) is 0 Å². The van der Waals surface area contributed by atoms with Gasteiger partial charge in [0.2, 0.25) is 0 Å². The highest BCUT2D eigenvalue weighted by Crippen LogP contribution is 2.36. The molecule has 8 nitrogen and oxygen atoms in total. The molecule has 2 aromatic rings. The predicted molar refractivity (Wildman–Crippen MR) is 138 cm³/mol. The normalized spacial score (nSPS) is 15.6. The van der Waals surface area contributed by atoms with Crippen LogP contribution in [0, 0.1) is 0 Å². The minimum Gasteiger partial charge on any atom is -0.478 e. The highest BCUT2D eigenvalue weighted by atomic mass is 16.4. The van der Waals surface area contributed by atoms with Crippen LogP contribution in [0.1, 0.15) is 17.5 Å². The number of carboxylic acids is 2. The lowest BCUT2D eigenvalue weighted by atomic mass is 10.1. The molecule has 0 spiro atoms. The van der Waals surface area contributed by atoms with E-state index in [9.17, 15) is 9.59 Å². The van der Waals surface area contributed by atoms with Crippen LogP contribution < -0.4 is 4.90 Å². The number of hydrogen-bond acceptors (Lipinski definition) is 6. The van der Waals surface area contributed by atoms with Crippen LogP contribution in [0.4, 0.5) is 11.4 Å². The molecule has 0 bridgehead atoms. The number of fused-ring (bicyclic) bond motifs is 2. The standard InChI is InChI=1S/C23H29N3O.C4H4O4/c27-19-18-25-16-14-24(15-17-25)12-5-13-26-22-8-3-1-6-20(22)10-11-21-7-2-4-9-23(21)26;5-3(6)1-2-4(7)8/h1-4,6-11,27H,5,12-19H2;1-2H,(H,5,6)(H,7,8)/b;2-1+. The summed E-state index contributed by atoms with van der Waals surface area (Å²) >= 11 is 0. The molecule has 0 unspecified atom stereocenters. The number of aliphatic hydroxyl groups is 1. The van der Waals surface area contributed by atoms with Crippen molar-refractivity contribution in [3.8, 4) is 0 Å². The van der Waals surface area contributed by atoms with Crippen LogP contribution in [0.3, 0.4) is 0 Å². The van der Waals surface area contributed by atoms with Gasteiger partial charge in [-0.15, -0.1) is 0 Å². The first kappa shape index (κ1) is 26.2. The Labute approximate surface area is 206 Å². The lowest BCUT2D eigenvalue weighted by Gasteiger charge is -2.35. The van der Waals surface area contributed by atoms with Gasteiger partial charge in [0, 0.05) is 62.8 Å². The van der Waals surface area contributed by atoms with Crippen LogP contribution in [0.25, 0.3) is 12.2 Å². The molecule has 1 fully saturated rings. The average Bonchev–Trinajstić information content (AvgIpc) is 3.02. The summed E-state index contributed by atoms with van der Waals surface area (Å²) in [6.45, 7) is 7.57. The van der Waals surface area contributed by atoms with Crippen molar-refractivity contribution in [3.63, 3.8) is 0 Å². The summed E-state index contributed by atoms with van der Waals surface area (Å²) in [7, 11) is 0. The van der Waals surface area contributed by atoms with Crippen molar-refractivity contribution < 1.29 is 24.9 Å². The Morgan fingerprint density at radius 1 is 0.714 bits per heavy atom. The molecule has 186 valence electrons. The number of anilines is 2. The Bertz CT molecular complexity index is 979. The molecule has 2 heterocycles. The van der Waals surface area contributed by atoms with E-state index in [0.717, 1.165) is 52.2 Å². The Morgan fingerprint density at radius 3 is 1.63 bits per heavy atom. The topological polar surface area (TPSA) is 105 Å². The molecule has 35 heavy (non-hydrogen) atoms. The van der Waals surface area contributed by atoms with E-state index in [4.69, 9.17) is 15.3 Å². The van der Waals surface area contributed by atoms with Gasteiger partial charge in [-0.3, -0.25) is 4.90 Å². The number of para-hydroxylation sites is 2. The van der Waals surface area contributed by atoms with E-state index in [1.54, 1.807) is 0 Å². The third-order valence-electron chi connectivity index (χ3n) is 6.00. The van der Waals surface area contributed by atoms with Gasteiger partial charge in [0.25, 0.3) is 0 Å². The number of rotatable bonds is 8. The summed E-state index contributed by atoms with van der Waals surface area (Å²) in [5.41, 5.74) is 5.16. The zero-order chi connectivity index (χ0) is 25.0. The molecular weight excluding hydrogens is 446 g/mol. The fraction of sp³-hybridized carbons (Fsp3) is 0.333. The van der Waals surface area contributed by atoms with Gasteiger partial charge in [0.15, 0.2) is 0 Å². The smallest absolute Gasteiger partial charge is 0.328 e. The highest BCUT2D eigenvalue weighted by molar-refractivity contribution is 5.90. The van der Waals surface area contributed by atoms with Crippen molar-refractivity contribution >= 4 is 35.5 Å². The molecule has 0 aliphatic carbocycles. The summed E-state index contributed by atoms with van der Waals surface area (Å²) < 4.78 is 0. The summed E-state index contributed by atoms with van der Waals surface area (Å²) in [5.74, 6) is -2.51. The van der Waals surface area contributed by atoms with Crippen molar-refractivity contribution in [1.29, 1.82) is 0 Å². The first-order valence-electron chi connectivity index (χ1n) is 11.8. The van der Waals surface area contributed by atoms with E-state index in [1.807, 2.05) is 0 Å². The first-order chi connectivity index (χ1) is 17.0. The number of carbonyl (C=O) groups is 2. The lowest BCUT2D eigenvalue weighted by molar-refractivity contribution is -0.134. The molecule has 0 atom stereocenters. The van der Waals surface area contributed by atoms with Gasteiger partial charge in [-0.1, -0.05) is 48.6 Å². The number of piperazine rings is 1. The molecule has 2 aliphatic heterocycles. The van der Waals surface area contributed by atoms with Crippen LogP contribution in [0.2, 0.25) is 0 Å². The number of nitrogens with zero attached hydrogens (tertiary/aromatic N) is 3. The predicted octanol–water partition coefficient (Wildman–Crippen LogP) is 3.02. The molecule has 1 saturated heterocycles. The molecule has 8 heteroatoms. The second kappa shape index (κ2) is 13.4. The third kappa shape index (κ3) is 8.06. The number of β-amino-alcohol motifs (C(OH)–C–C–N with tert-alkyl or cyclic N) is 1. The van der Waals surface area contributed by atoms with Crippen molar-refractivity contribution in [2.24, 2.45) is 0 Å². The van der Waals surface area contributed by atoms with Gasteiger partial charge in [0.1, 0.15) is 0 Å². The van der Waals surface area contributed by atoms with E-state index in [2.05, 4.69) is 75.4 Å². The van der Waals surface area contributed by atoms with Crippen LogP contribution in [-0.4, -0.2) is 89.5 Å².